The largest absolute Gasteiger partial charge is 0.367 e. The predicted molar refractivity (Wildman–Crippen MR) is 108 cm³/mol. The topological polar surface area (TPSA) is 44.7 Å². The van der Waals surface area contributed by atoms with Crippen molar-refractivity contribution < 1.29 is 4.79 Å². The zero-order chi connectivity index (χ0) is 18.1. The molecule has 0 fully saturated rings. The highest BCUT2D eigenvalue weighted by atomic mass is 16.1. The standard InChI is InChI=1S/C22H23N3O/c1-15-11-20(13-23-15)18-5-3-17(4-6-18)14-25-10-9-19-12-21(24-16(2)26)7-8-22(19)25/h3-8,11-12H,9-10,13-14H2,1-2H3,(H,24,26). The van der Waals surface area contributed by atoms with Gasteiger partial charge in [-0.1, -0.05) is 24.3 Å². The Hall–Kier alpha value is -2.88. The number of nitrogens with zero attached hydrogens (tertiary/aromatic N) is 2. The van der Waals surface area contributed by atoms with Crippen LogP contribution in [0.1, 0.15) is 30.5 Å². The number of benzene rings is 2. The molecule has 4 rings (SSSR count). The average Bonchev–Trinajstić information content (AvgIpc) is 3.21. The first kappa shape index (κ1) is 16.6. The third kappa shape index (κ3) is 3.40. The van der Waals surface area contributed by atoms with Gasteiger partial charge in [-0.25, -0.2) is 0 Å². The van der Waals surface area contributed by atoms with Crippen LogP contribution >= 0.6 is 0 Å². The number of allylic oxidation sites excluding steroid dienone is 1. The normalized spacial score (nSPS) is 15.5. The first-order valence-electron chi connectivity index (χ1n) is 9.05. The molecule has 26 heavy (non-hydrogen) atoms. The summed E-state index contributed by atoms with van der Waals surface area (Å²) in [6, 6.07) is 15.0. The Kier molecular flexibility index (Phi) is 4.33. The Morgan fingerprint density at radius 1 is 1.19 bits per heavy atom. The van der Waals surface area contributed by atoms with E-state index in [-0.39, 0.29) is 5.91 Å². The fourth-order valence-corrected chi connectivity index (χ4v) is 3.69. The van der Waals surface area contributed by atoms with E-state index in [1.807, 2.05) is 13.0 Å². The number of fused-ring (bicyclic) bond motifs is 1. The maximum atomic E-state index is 11.2. The van der Waals surface area contributed by atoms with Crippen LogP contribution in [-0.2, 0) is 17.8 Å². The summed E-state index contributed by atoms with van der Waals surface area (Å²) in [5, 5.41) is 2.86. The summed E-state index contributed by atoms with van der Waals surface area (Å²) < 4.78 is 0. The highest BCUT2D eigenvalue weighted by Gasteiger charge is 2.19. The summed E-state index contributed by atoms with van der Waals surface area (Å²) in [6.45, 7) is 6.29. The molecule has 1 N–H and O–H groups in total. The van der Waals surface area contributed by atoms with E-state index in [0.29, 0.717) is 0 Å². The highest BCUT2D eigenvalue weighted by Crippen LogP contribution is 2.32. The molecular weight excluding hydrogens is 322 g/mol. The van der Waals surface area contributed by atoms with Gasteiger partial charge in [-0.2, -0.15) is 0 Å². The van der Waals surface area contributed by atoms with Crippen LogP contribution < -0.4 is 10.2 Å². The summed E-state index contributed by atoms with van der Waals surface area (Å²) in [5.41, 5.74) is 8.43. The van der Waals surface area contributed by atoms with Gasteiger partial charge in [0.25, 0.3) is 0 Å². The minimum Gasteiger partial charge on any atom is -0.367 e. The van der Waals surface area contributed by atoms with Crippen molar-refractivity contribution in [3.8, 4) is 0 Å². The molecule has 0 unspecified atom stereocenters. The van der Waals surface area contributed by atoms with Crippen molar-refractivity contribution in [2.45, 2.75) is 26.8 Å². The van der Waals surface area contributed by atoms with Crippen molar-refractivity contribution >= 4 is 28.6 Å². The van der Waals surface area contributed by atoms with Crippen LogP contribution in [0.5, 0.6) is 0 Å². The van der Waals surface area contributed by atoms with Crippen LogP contribution in [0.25, 0.3) is 5.57 Å². The lowest BCUT2D eigenvalue weighted by atomic mass is 10.0. The monoisotopic (exact) mass is 345 g/mol. The number of carbonyl (C=O) groups is 1. The Morgan fingerprint density at radius 3 is 2.69 bits per heavy atom. The molecule has 2 aromatic carbocycles. The molecule has 2 heterocycles. The summed E-state index contributed by atoms with van der Waals surface area (Å²) >= 11 is 0. The number of hydrogen-bond donors (Lipinski definition) is 1. The second-order valence-electron chi connectivity index (χ2n) is 7.02. The minimum absolute atomic E-state index is 0.0298. The summed E-state index contributed by atoms with van der Waals surface area (Å²) in [6.07, 6.45) is 3.18. The Labute approximate surface area is 154 Å². The number of hydrogen-bond acceptors (Lipinski definition) is 3. The molecule has 0 atom stereocenters. The van der Waals surface area contributed by atoms with E-state index in [9.17, 15) is 4.79 Å². The van der Waals surface area contributed by atoms with Crippen molar-refractivity contribution in [2.24, 2.45) is 4.99 Å². The lowest BCUT2D eigenvalue weighted by molar-refractivity contribution is -0.114. The van der Waals surface area contributed by atoms with E-state index >= 15 is 0 Å². The molecule has 0 saturated carbocycles. The molecule has 1 amide bonds. The third-order valence-electron chi connectivity index (χ3n) is 4.97. The van der Waals surface area contributed by atoms with E-state index in [1.165, 1.54) is 34.9 Å². The zero-order valence-electron chi connectivity index (χ0n) is 15.2. The molecule has 0 aromatic heterocycles. The van der Waals surface area contributed by atoms with E-state index in [1.54, 1.807) is 0 Å². The van der Waals surface area contributed by atoms with Crippen molar-refractivity contribution in [2.75, 3.05) is 23.3 Å². The van der Waals surface area contributed by atoms with Crippen LogP contribution in [0.15, 0.2) is 53.5 Å². The molecule has 0 spiro atoms. The van der Waals surface area contributed by atoms with Gasteiger partial charge < -0.3 is 10.2 Å². The Balaban J connectivity index is 1.46. The number of amides is 1. The van der Waals surface area contributed by atoms with Crippen LogP contribution in [0.2, 0.25) is 0 Å². The molecule has 0 aliphatic carbocycles. The molecule has 132 valence electrons. The second kappa shape index (κ2) is 6.79. The van der Waals surface area contributed by atoms with Gasteiger partial charge in [-0.3, -0.25) is 9.79 Å². The van der Waals surface area contributed by atoms with Gasteiger partial charge in [-0.05, 0) is 59.9 Å². The Morgan fingerprint density at radius 2 is 2.00 bits per heavy atom. The molecule has 0 radical (unpaired) electrons. The van der Waals surface area contributed by atoms with Crippen LogP contribution in [-0.4, -0.2) is 24.7 Å². The maximum Gasteiger partial charge on any atom is 0.221 e. The fraction of sp³-hybridized carbons (Fsp3) is 0.273. The minimum atomic E-state index is -0.0298. The lowest BCUT2D eigenvalue weighted by Gasteiger charge is -2.20. The first-order chi connectivity index (χ1) is 12.6. The lowest BCUT2D eigenvalue weighted by Crippen LogP contribution is -2.19. The van der Waals surface area contributed by atoms with Gasteiger partial charge in [0, 0.05) is 37.1 Å². The fourth-order valence-electron chi connectivity index (χ4n) is 3.69. The second-order valence-corrected chi connectivity index (χ2v) is 7.02. The molecule has 4 heteroatoms. The van der Waals surface area contributed by atoms with Gasteiger partial charge in [0.15, 0.2) is 0 Å². The van der Waals surface area contributed by atoms with Crippen molar-refractivity contribution in [1.29, 1.82) is 0 Å². The quantitative estimate of drug-likeness (QED) is 0.908. The SMILES string of the molecule is CC(=O)Nc1ccc2c(c1)CCN2Cc1ccc(C2=CC(C)=NC2)cc1. The molecule has 2 aromatic rings. The summed E-state index contributed by atoms with van der Waals surface area (Å²) in [7, 11) is 0. The number of rotatable bonds is 4. The van der Waals surface area contributed by atoms with Gasteiger partial charge in [0.2, 0.25) is 5.91 Å². The zero-order valence-corrected chi connectivity index (χ0v) is 15.2. The molecule has 0 bridgehead atoms. The van der Waals surface area contributed by atoms with Crippen molar-refractivity contribution in [3.05, 3.63) is 65.2 Å². The van der Waals surface area contributed by atoms with Crippen molar-refractivity contribution in [1.82, 2.24) is 0 Å². The van der Waals surface area contributed by atoms with Crippen LogP contribution in [0.3, 0.4) is 0 Å². The average molecular weight is 345 g/mol. The maximum absolute atomic E-state index is 11.2. The number of carbonyl (C=O) groups excluding carboxylic acids is 1. The third-order valence-corrected chi connectivity index (χ3v) is 4.97. The first-order valence-corrected chi connectivity index (χ1v) is 9.05. The number of nitrogens with one attached hydrogen (secondary N) is 1. The molecule has 0 saturated heterocycles. The summed E-state index contributed by atoms with van der Waals surface area (Å²) in [4.78, 5) is 18.1. The highest BCUT2D eigenvalue weighted by molar-refractivity contribution is 6.03. The molecule has 2 aliphatic rings. The summed E-state index contributed by atoms with van der Waals surface area (Å²) in [5.74, 6) is -0.0298. The molecular formula is C22H23N3O. The van der Waals surface area contributed by atoms with Gasteiger partial charge >= 0.3 is 0 Å². The van der Waals surface area contributed by atoms with Crippen LogP contribution in [0.4, 0.5) is 11.4 Å². The number of aliphatic imine (C=N–C) groups is 1. The van der Waals surface area contributed by atoms with Crippen molar-refractivity contribution in [3.63, 3.8) is 0 Å². The van der Waals surface area contributed by atoms with Gasteiger partial charge in [0.05, 0.1) is 6.54 Å². The van der Waals surface area contributed by atoms with E-state index in [2.05, 4.69) is 57.7 Å². The van der Waals surface area contributed by atoms with Gasteiger partial charge in [-0.15, -0.1) is 0 Å². The van der Waals surface area contributed by atoms with E-state index in [4.69, 9.17) is 0 Å². The number of anilines is 2. The Bertz CT molecular complexity index is 909. The molecule has 2 aliphatic heterocycles. The van der Waals surface area contributed by atoms with E-state index < -0.39 is 0 Å². The van der Waals surface area contributed by atoms with E-state index in [0.717, 1.165) is 37.5 Å². The van der Waals surface area contributed by atoms with Gasteiger partial charge in [0.1, 0.15) is 0 Å². The van der Waals surface area contributed by atoms with Crippen LogP contribution in [0, 0.1) is 0 Å². The smallest absolute Gasteiger partial charge is 0.221 e. The predicted octanol–water partition coefficient (Wildman–Crippen LogP) is 4.07. The molecule has 4 nitrogen and oxygen atoms in total.